The SMILES string of the molecule is Cc1ccc(SC2=C(Nc3ccc(C(C)C)cc3)C(=O)N(c3ccc(C(C)C)cc3)C2=O)cc1. The van der Waals surface area contributed by atoms with Crippen LogP contribution in [0.4, 0.5) is 11.4 Å². The molecule has 1 N–H and O–H groups in total. The second-order valence-electron chi connectivity index (χ2n) is 9.21. The molecule has 0 saturated carbocycles. The fourth-order valence-corrected chi connectivity index (χ4v) is 4.70. The minimum atomic E-state index is -0.343. The van der Waals surface area contributed by atoms with Crippen LogP contribution in [0.1, 0.15) is 56.2 Å². The first-order valence-electron chi connectivity index (χ1n) is 11.6. The molecule has 0 fully saturated rings. The van der Waals surface area contributed by atoms with Gasteiger partial charge in [0.05, 0.1) is 5.69 Å². The molecule has 1 heterocycles. The zero-order chi connectivity index (χ0) is 24.4. The van der Waals surface area contributed by atoms with Gasteiger partial charge in [-0.15, -0.1) is 0 Å². The van der Waals surface area contributed by atoms with Crippen molar-refractivity contribution in [2.75, 3.05) is 10.2 Å². The van der Waals surface area contributed by atoms with Crippen LogP contribution in [-0.2, 0) is 9.59 Å². The lowest BCUT2D eigenvalue weighted by Gasteiger charge is -2.16. The highest BCUT2D eigenvalue weighted by Gasteiger charge is 2.40. The fourth-order valence-electron chi connectivity index (χ4n) is 3.78. The molecule has 0 bridgehead atoms. The van der Waals surface area contributed by atoms with Gasteiger partial charge in [0.15, 0.2) is 0 Å². The highest BCUT2D eigenvalue weighted by atomic mass is 32.2. The summed E-state index contributed by atoms with van der Waals surface area (Å²) >= 11 is 1.32. The number of rotatable bonds is 7. The van der Waals surface area contributed by atoms with Gasteiger partial charge < -0.3 is 5.32 Å². The van der Waals surface area contributed by atoms with Crippen molar-refractivity contribution in [3.05, 3.63) is 100 Å². The fraction of sp³-hybridized carbons (Fsp3) is 0.241. The highest BCUT2D eigenvalue weighted by molar-refractivity contribution is 8.04. The Kier molecular flexibility index (Phi) is 6.94. The maximum atomic E-state index is 13.5. The smallest absolute Gasteiger partial charge is 0.283 e. The second kappa shape index (κ2) is 9.90. The summed E-state index contributed by atoms with van der Waals surface area (Å²) in [6, 6.07) is 23.6. The Morgan fingerprint density at radius 1 is 0.706 bits per heavy atom. The van der Waals surface area contributed by atoms with E-state index in [0.29, 0.717) is 28.1 Å². The van der Waals surface area contributed by atoms with Crippen molar-refractivity contribution in [2.45, 2.75) is 51.3 Å². The molecule has 1 aliphatic rings. The molecule has 0 radical (unpaired) electrons. The van der Waals surface area contributed by atoms with Crippen molar-refractivity contribution >= 4 is 35.0 Å². The number of hydrogen-bond donors (Lipinski definition) is 1. The number of carbonyl (C=O) groups is 2. The molecule has 0 aliphatic carbocycles. The lowest BCUT2D eigenvalue weighted by atomic mass is 10.0. The monoisotopic (exact) mass is 470 g/mol. The van der Waals surface area contributed by atoms with E-state index in [4.69, 9.17) is 0 Å². The Labute approximate surface area is 206 Å². The van der Waals surface area contributed by atoms with E-state index in [-0.39, 0.29) is 11.8 Å². The molecule has 0 saturated heterocycles. The van der Waals surface area contributed by atoms with E-state index in [0.717, 1.165) is 21.7 Å². The zero-order valence-corrected chi connectivity index (χ0v) is 21.1. The van der Waals surface area contributed by atoms with Gasteiger partial charge in [0.25, 0.3) is 11.8 Å². The standard InChI is InChI=1S/C29H30N2O2S/c1-18(2)21-8-12-23(13-9-21)30-26-27(34-25-16-6-20(5)7-17-25)29(33)31(28(26)32)24-14-10-22(11-15-24)19(3)4/h6-19,30H,1-5H3. The van der Waals surface area contributed by atoms with Crippen LogP contribution in [0.5, 0.6) is 0 Å². The third-order valence-electron chi connectivity index (χ3n) is 5.95. The lowest BCUT2D eigenvalue weighted by molar-refractivity contribution is -0.120. The summed E-state index contributed by atoms with van der Waals surface area (Å²) in [7, 11) is 0. The van der Waals surface area contributed by atoms with Crippen molar-refractivity contribution in [2.24, 2.45) is 0 Å². The molecule has 0 atom stereocenters. The molecule has 2 amide bonds. The van der Waals surface area contributed by atoms with E-state index in [9.17, 15) is 9.59 Å². The molecule has 0 spiro atoms. The minimum absolute atomic E-state index is 0.306. The van der Waals surface area contributed by atoms with Crippen LogP contribution in [0.3, 0.4) is 0 Å². The number of carbonyl (C=O) groups excluding carboxylic acids is 2. The molecule has 0 unspecified atom stereocenters. The molecule has 34 heavy (non-hydrogen) atoms. The third kappa shape index (κ3) is 4.95. The van der Waals surface area contributed by atoms with Crippen LogP contribution in [0.2, 0.25) is 0 Å². The van der Waals surface area contributed by atoms with Gasteiger partial charge in [-0.3, -0.25) is 9.59 Å². The highest BCUT2D eigenvalue weighted by Crippen LogP contribution is 2.38. The number of nitrogens with one attached hydrogen (secondary N) is 1. The Bertz CT molecular complexity index is 1220. The van der Waals surface area contributed by atoms with Crippen molar-refractivity contribution in [1.82, 2.24) is 0 Å². The average Bonchev–Trinajstić information content (AvgIpc) is 3.04. The Balaban J connectivity index is 1.70. The van der Waals surface area contributed by atoms with Gasteiger partial charge in [-0.25, -0.2) is 4.90 Å². The summed E-state index contributed by atoms with van der Waals surface area (Å²) in [6.07, 6.45) is 0. The molecule has 4 nitrogen and oxygen atoms in total. The van der Waals surface area contributed by atoms with Crippen molar-refractivity contribution in [3.63, 3.8) is 0 Å². The Morgan fingerprint density at radius 2 is 1.24 bits per heavy atom. The molecule has 174 valence electrons. The van der Waals surface area contributed by atoms with Gasteiger partial charge in [0.1, 0.15) is 10.6 Å². The first kappa shape index (κ1) is 23.8. The number of benzene rings is 3. The van der Waals surface area contributed by atoms with Gasteiger partial charge in [-0.1, -0.05) is 81.4 Å². The Hall–Kier alpha value is -3.31. The van der Waals surface area contributed by atoms with Crippen LogP contribution < -0.4 is 10.2 Å². The number of aryl methyl sites for hydroxylation is 1. The van der Waals surface area contributed by atoms with Gasteiger partial charge in [-0.2, -0.15) is 0 Å². The summed E-state index contributed by atoms with van der Waals surface area (Å²) in [6.45, 7) is 10.5. The van der Waals surface area contributed by atoms with Gasteiger partial charge in [0, 0.05) is 10.6 Å². The largest absolute Gasteiger partial charge is 0.350 e. The summed E-state index contributed by atoms with van der Waals surface area (Å²) in [5, 5.41) is 3.25. The summed E-state index contributed by atoms with van der Waals surface area (Å²) in [5.41, 5.74) is 5.18. The van der Waals surface area contributed by atoms with Crippen LogP contribution in [0.25, 0.3) is 0 Å². The van der Waals surface area contributed by atoms with E-state index in [2.05, 4.69) is 33.0 Å². The maximum Gasteiger partial charge on any atom is 0.283 e. The number of anilines is 2. The predicted molar refractivity (Wildman–Crippen MR) is 141 cm³/mol. The van der Waals surface area contributed by atoms with Crippen LogP contribution in [0, 0.1) is 6.92 Å². The number of thioether (sulfide) groups is 1. The normalized spacial score (nSPS) is 14.0. The van der Waals surface area contributed by atoms with Crippen molar-refractivity contribution in [1.29, 1.82) is 0 Å². The zero-order valence-electron chi connectivity index (χ0n) is 20.3. The molecular formula is C29H30N2O2S. The summed E-state index contributed by atoms with van der Waals surface area (Å²) < 4.78 is 0. The quantitative estimate of drug-likeness (QED) is 0.370. The van der Waals surface area contributed by atoms with Crippen LogP contribution in [0.15, 0.2) is 88.3 Å². The molecule has 5 heteroatoms. The molecular weight excluding hydrogens is 440 g/mol. The van der Waals surface area contributed by atoms with Crippen LogP contribution >= 0.6 is 11.8 Å². The van der Waals surface area contributed by atoms with E-state index < -0.39 is 0 Å². The van der Waals surface area contributed by atoms with E-state index in [1.54, 1.807) is 0 Å². The van der Waals surface area contributed by atoms with E-state index in [1.165, 1.54) is 22.2 Å². The number of amides is 2. The van der Waals surface area contributed by atoms with E-state index >= 15 is 0 Å². The number of imide groups is 1. The summed E-state index contributed by atoms with van der Waals surface area (Å²) in [4.78, 5) is 29.7. The Morgan fingerprint density at radius 3 is 1.76 bits per heavy atom. The first-order valence-corrected chi connectivity index (χ1v) is 12.4. The first-order chi connectivity index (χ1) is 16.2. The minimum Gasteiger partial charge on any atom is -0.350 e. The lowest BCUT2D eigenvalue weighted by Crippen LogP contribution is -2.32. The van der Waals surface area contributed by atoms with Gasteiger partial charge in [0.2, 0.25) is 0 Å². The van der Waals surface area contributed by atoms with Gasteiger partial charge in [-0.05, 0) is 66.3 Å². The third-order valence-corrected chi connectivity index (χ3v) is 7.04. The molecule has 3 aromatic rings. The number of hydrogen-bond acceptors (Lipinski definition) is 4. The second-order valence-corrected chi connectivity index (χ2v) is 10.3. The molecule has 4 rings (SSSR count). The van der Waals surface area contributed by atoms with Gasteiger partial charge >= 0.3 is 0 Å². The number of nitrogens with zero attached hydrogens (tertiary/aromatic N) is 1. The van der Waals surface area contributed by atoms with E-state index in [1.807, 2.05) is 79.7 Å². The van der Waals surface area contributed by atoms with Crippen LogP contribution in [-0.4, -0.2) is 11.8 Å². The average molecular weight is 471 g/mol. The molecule has 3 aromatic carbocycles. The predicted octanol–water partition coefficient (Wildman–Crippen LogP) is 7.23. The maximum absolute atomic E-state index is 13.5. The van der Waals surface area contributed by atoms with Crippen molar-refractivity contribution < 1.29 is 9.59 Å². The molecule has 1 aliphatic heterocycles. The topological polar surface area (TPSA) is 49.4 Å². The summed E-state index contributed by atoms with van der Waals surface area (Å²) in [5.74, 6) is 0.134. The molecule has 0 aromatic heterocycles. The van der Waals surface area contributed by atoms with Crippen molar-refractivity contribution in [3.8, 4) is 0 Å².